The number of piperazine rings is 1. The van der Waals surface area contributed by atoms with Gasteiger partial charge in [-0.05, 0) is 32.2 Å². The minimum absolute atomic E-state index is 0.139. The Kier molecular flexibility index (Phi) is 3.93. The molecule has 0 aromatic carbocycles. The number of hydrogen-bond donors (Lipinski definition) is 2. The Morgan fingerprint density at radius 2 is 2.00 bits per heavy atom. The summed E-state index contributed by atoms with van der Waals surface area (Å²) < 4.78 is 0. The van der Waals surface area contributed by atoms with Crippen LogP contribution < -0.4 is 10.6 Å². The van der Waals surface area contributed by atoms with Crippen LogP contribution in [0, 0.1) is 0 Å². The van der Waals surface area contributed by atoms with Gasteiger partial charge in [-0.25, -0.2) is 4.79 Å². The van der Waals surface area contributed by atoms with Gasteiger partial charge in [-0.2, -0.15) is 0 Å². The lowest BCUT2D eigenvalue weighted by atomic mass is 9.89. The largest absolute Gasteiger partial charge is 0.336 e. The molecule has 2 heterocycles. The molecule has 0 aromatic rings. The molecule has 1 saturated carbocycles. The Morgan fingerprint density at radius 1 is 1.21 bits per heavy atom. The lowest BCUT2D eigenvalue weighted by molar-refractivity contribution is 0.0679. The van der Waals surface area contributed by atoms with E-state index in [-0.39, 0.29) is 6.03 Å². The van der Waals surface area contributed by atoms with Crippen molar-refractivity contribution in [3.63, 3.8) is 0 Å². The predicted molar refractivity (Wildman–Crippen MR) is 75.2 cm³/mol. The van der Waals surface area contributed by atoms with Crippen molar-refractivity contribution >= 4 is 6.03 Å². The molecular formula is C14H26N4O. The second-order valence-electron chi connectivity index (χ2n) is 6.09. The van der Waals surface area contributed by atoms with Crippen LogP contribution in [0.3, 0.4) is 0 Å². The Hall–Kier alpha value is -0.810. The van der Waals surface area contributed by atoms with Gasteiger partial charge in [0.05, 0.1) is 6.04 Å². The first kappa shape index (κ1) is 13.2. The topological polar surface area (TPSA) is 47.6 Å². The molecule has 2 amide bonds. The Bertz CT molecular complexity index is 327. The number of amides is 2. The Labute approximate surface area is 115 Å². The standard InChI is InChI=1S/C14H26N4O/c1-2-15-11-3-5-12(6-4-11)17-7-8-18-13(10-17)9-16-14(18)19/h11-13,15H,2-10H2,1H3,(H,16,19). The molecule has 19 heavy (non-hydrogen) atoms. The minimum Gasteiger partial charge on any atom is -0.336 e. The first-order chi connectivity index (χ1) is 9.28. The highest BCUT2D eigenvalue weighted by Gasteiger charge is 2.38. The van der Waals surface area contributed by atoms with Crippen LogP contribution in [0.15, 0.2) is 0 Å². The SMILES string of the molecule is CCNC1CCC(N2CCN3C(=O)NCC3C2)CC1. The minimum atomic E-state index is 0.139. The van der Waals surface area contributed by atoms with E-state index in [4.69, 9.17) is 0 Å². The Balaban J connectivity index is 1.50. The van der Waals surface area contributed by atoms with Crippen LogP contribution in [0.2, 0.25) is 0 Å². The van der Waals surface area contributed by atoms with Crippen molar-refractivity contribution in [2.24, 2.45) is 0 Å². The van der Waals surface area contributed by atoms with E-state index in [1.165, 1.54) is 25.7 Å². The van der Waals surface area contributed by atoms with Crippen molar-refractivity contribution in [3.05, 3.63) is 0 Å². The number of urea groups is 1. The summed E-state index contributed by atoms with van der Waals surface area (Å²) in [5, 5.41) is 6.53. The Morgan fingerprint density at radius 3 is 2.74 bits per heavy atom. The van der Waals surface area contributed by atoms with Crippen LogP contribution in [0.25, 0.3) is 0 Å². The molecule has 108 valence electrons. The second kappa shape index (κ2) is 5.67. The van der Waals surface area contributed by atoms with Gasteiger partial charge in [0.2, 0.25) is 0 Å². The first-order valence-corrected chi connectivity index (χ1v) is 7.80. The highest BCUT2D eigenvalue weighted by molar-refractivity contribution is 5.77. The number of carbonyl (C=O) groups excluding carboxylic acids is 1. The van der Waals surface area contributed by atoms with Gasteiger partial charge < -0.3 is 15.5 Å². The summed E-state index contributed by atoms with van der Waals surface area (Å²) in [7, 11) is 0. The normalized spacial score (nSPS) is 36.2. The molecule has 1 atom stereocenters. The van der Waals surface area contributed by atoms with Gasteiger partial charge in [0, 0.05) is 38.3 Å². The fourth-order valence-corrected chi connectivity index (χ4v) is 3.89. The van der Waals surface area contributed by atoms with Crippen molar-refractivity contribution in [2.45, 2.75) is 50.7 Å². The third kappa shape index (κ3) is 2.72. The molecule has 2 saturated heterocycles. The van der Waals surface area contributed by atoms with Crippen LogP contribution in [0.1, 0.15) is 32.6 Å². The molecule has 1 aliphatic carbocycles. The van der Waals surface area contributed by atoms with Gasteiger partial charge in [0.15, 0.2) is 0 Å². The fourth-order valence-electron chi connectivity index (χ4n) is 3.89. The zero-order valence-electron chi connectivity index (χ0n) is 11.9. The first-order valence-electron chi connectivity index (χ1n) is 7.80. The van der Waals surface area contributed by atoms with Crippen LogP contribution in [0.4, 0.5) is 4.79 Å². The lowest BCUT2D eigenvalue weighted by Crippen LogP contribution is -2.56. The number of hydrogen-bond acceptors (Lipinski definition) is 3. The third-order valence-corrected chi connectivity index (χ3v) is 4.97. The van der Waals surface area contributed by atoms with Crippen LogP contribution >= 0.6 is 0 Å². The highest BCUT2D eigenvalue weighted by Crippen LogP contribution is 2.26. The molecule has 5 nitrogen and oxygen atoms in total. The van der Waals surface area contributed by atoms with E-state index in [1.54, 1.807) is 0 Å². The molecule has 0 bridgehead atoms. The average molecular weight is 266 g/mol. The van der Waals surface area contributed by atoms with E-state index in [0.29, 0.717) is 6.04 Å². The molecule has 3 fully saturated rings. The number of fused-ring (bicyclic) bond motifs is 1. The van der Waals surface area contributed by atoms with Crippen LogP contribution in [-0.4, -0.2) is 66.7 Å². The van der Waals surface area contributed by atoms with E-state index in [2.05, 4.69) is 22.5 Å². The lowest BCUT2D eigenvalue weighted by Gasteiger charge is -2.43. The molecule has 1 unspecified atom stereocenters. The maximum Gasteiger partial charge on any atom is 0.317 e. The van der Waals surface area contributed by atoms with Gasteiger partial charge in [-0.3, -0.25) is 4.90 Å². The average Bonchev–Trinajstić information content (AvgIpc) is 2.81. The van der Waals surface area contributed by atoms with Gasteiger partial charge in [-0.15, -0.1) is 0 Å². The summed E-state index contributed by atoms with van der Waals surface area (Å²) in [5.74, 6) is 0. The van der Waals surface area contributed by atoms with E-state index in [1.807, 2.05) is 4.90 Å². The number of nitrogens with zero attached hydrogens (tertiary/aromatic N) is 2. The quantitative estimate of drug-likeness (QED) is 0.787. The molecular weight excluding hydrogens is 240 g/mol. The van der Waals surface area contributed by atoms with Crippen molar-refractivity contribution < 1.29 is 4.79 Å². The maximum absolute atomic E-state index is 11.6. The molecule has 0 aromatic heterocycles. The van der Waals surface area contributed by atoms with Crippen molar-refractivity contribution in [1.82, 2.24) is 20.4 Å². The second-order valence-corrected chi connectivity index (χ2v) is 6.09. The van der Waals surface area contributed by atoms with E-state index >= 15 is 0 Å². The summed E-state index contributed by atoms with van der Waals surface area (Å²) in [5.41, 5.74) is 0. The van der Waals surface area contributed by atoms with E-state index < -0.39 is 0 Å². The molecule has 2 aliphatic heterocycles. The molecule has 5 heteroatoms. The summed E-state index contributed by atoms with van der Waals surface area (Å²) in [6.07, 6.45) is 5.23. The van der Waals surface area contributed by atoms with Gasteiger partial charge in [0.25, 0.3) is 0 Å². The summed E-state index contributed by atoms with van der Waals surface area (Å²) in [6, 6.07) is 2.03. The van der Waals surface area contributed by atoms with E-state index in [0.717, 1.165) is 44.8 Å². The van der Waals surface area contributed by atoms with Crippen LogP contribution in [-0.2, 0) is 0 Å². The van der Waals surface area contributed by atoms with E-state index in [9.17, 15) is 4.79 Å². The van der Waals surface area contributed by atoms with Crippen molar-refractivity contribution in [3.8, 4) is 0 Å². The molecule has 3 aliphatic rings. The number of carbonyl (C=O) groups is 1. The van der Waals surface area contributed by atoms with Crippen molar-refractivity contribution in [1.29, 1.82) is 0 Å². The monoisotopic (exact) mass is 266 g/mol. The smallest absolute Gasteiger partial charge is 0.317 e. The fraction of sp³-hybridized carbons (Fsp3) is 0.929. The summed E-state index contributed by atoms with van der Waals surface area (Å²) in [4.78, 5) is 16.2. The van der Waals surface area contributed by atoms with Gasteiger partial charge in [-0.1, -0.05) is 6.92 Å². The molecule has 2 N–H and O–H groups in total. The summed E-state index contributed by atoms with van der Waals surface area (Å²) >= 11 is 0. The predicted octanol–water partition coefficient (Wildman–Crippen LogP) is 0.617. The number of rotatable bonds is 3. The van der Waals surface area contributed by atoms with Crippen molar-refractivity contribution in [2.75, 3.05) is 32.7 Å². The highest BCUT2D eigenvalue weighted by atomic mass is 16.2. The maximum atomic E-state index is 11.6. The molecule has 0 spiro atoms. The molecule has 3 rings (SSSR count). The third-order valence-electron chi connectivity index (χ3n) is 4.97. The zero-order valence-corrected chi connectivity index (χ0v) is 11.9. The van der Waals surface area contributed by atoms with Gasteiger partial charge in [0.1, 0.15) is 0 Å². The van der Waals surface area contributed by atoms with Gasteiger partial charge >= 0.3 is 6.03 Å². The number of nitrogens with one attached hydrogen (secondary N) is 2. The zero-order chi connectivity index (χ0) is 13.2. The summed E-state index contributed by atoms with van der Waals surface area (Å²) in [6.45, 7) is 7.14. The molecule has 0 radical (unpaired) electrons. The van der Waals surface area contributed by atoms with Crippen LogP contribution in [0.5, 0.6) is 0 Å².